The summed E-state index contributed by atoms with van der Waals surface area (Å²) in [7, 11) is -0.895. The zero-order valence-corrected chi connectivity index (χ0v) is 13.9. The molecule has 5 nitrogen and oxygen atoms in total. The second kappa shape index (κ2) is 6.96. The average Bonchev–Trinajstić information content (AvgIpc) is 2.48. The van der Waals surface area contributed by atoms with Crippen LogP contribution < -0.4 is 4.72 Å². The lowest BCUT2D eigenvalue weighted by atomic mass is 10.1. The second-order valence-electron chi connectivity index (χ2n) is 5.34. The Hall–Kier alpha value is -2.48. The van der Waals surface area contributed by atoms with Gasteiger partial charge >= 0.3 is 0 Å². The van der Waals surface area contributed by atoms with Crippen LogP contribution >= 0.6 is 0 Å². The lowest BCUT2D eigenvalue weighted by molar-refractivity contribution is -0.127. The Morgan fingerprint density at radius 2 is 1.71 bits per heavy atom. The van der Waals surface area contributed by atoms with Crippen LogP contribution in [0.1, 0.15) is 5.56 Å². The van der Waals surface area contributed by atoms with Gasteiger partial charge in [-0.3, -0.25) is 9.52 Å². The average molecular weight is 354 g/mol. The van der Waals surface area contributed by atoms with Gasteiger partial charge in [0.05, 0.1) is 6.42 Å². The van der Waals surface area contributed by atoms with Gasteiger partial charge in [0, 0.05) is 25.8 Å². The molecular weight excluding hydrogens is 338 g/mol. The molecule has 0 saturated heterocycles. The van der Waals surface area contributed by atoms with Crippen molar-refractivity contribution < 1.29 is 22.0 Å². The molecule has 0 saturated carbocycles. The predicted octanol–water partition coefficient (Wildman–Crippen LogP) is 2.40. The minimum Gasteiger partial charge on any atom is -0.349 e. The van der Waals surface area contributed by atoms with E-state index in [4.69, 9.17) is 0 Å². The first-order chi connectivity index (χ1) is 11.2. The molecule has 0 atom stereocenters. The van der Waals surface area contributed by atoms with E-state index in [2.05, 4.69) is 4.72 Å². The highest BCUT2D eigenvalue weighted by molar-refractivity contribution is 7.92. The van der Waals surface area contributed by atoms with Crippen LogP contribution in [0.5, 0.6) is 0 Å². The van der Waals surface area contributed by atoms with Crippen molar-refractivity contribution >= 4 is 21.6 Å². The normalized spacial score (nSPS) is 11.2. The Balaban J connectivity index is 2.17. The zero-order chi connectivity index (χ0) is 17.9. The topological polar surface area (TPSA) is 66.5 Å². The molecule has 0 aliphatic heterocycles. The molecule has 0 spiro atoms. The first kappa shape index (κ1) is 17.9. The van der Waals surface area contributed by atoms with E-state index in [0.29, 0.717) is 11.6 Å². The number of hydrogen-bond acceptors (Lipinski definition) is 3. The van der Waals surface area contributed by atoms with Crippen LogP contribution in [0.25, 0.3) is 0 Å². The van der Waals surface area contributed by atoms with Gasteiger partial charge in [-0.15, -0.1) is 0 Å². The van der Waals surface area contributed by atoms with Crippen LogP contribution in [0.2, 0.25) is 0 Å². The van der Waals surface area contributed by atoms with Crippen LogP contribution in [-0.4, -0.2) is 33.3 Å². The van der Waals surface area contributed by atoms with E-state index in [1.165, 1.54) is 17.0 Å². The van der Waals surface area contributed by atoms with Gasteiger partial charge < -0.3 is 4.90 Å². The van der Waals surface area contributed by atoms with Crippen molar-refractivity contribution in [1.82, 2.24) is 4.90 Å². The minimum atomic E-state index is -4.18. The van der Waals surface area contributed by atoms with Gasteiger partial charge in [-0.2, -0.15) is 0 Å². The molecule has 0 aromatic heterocycles. The Bertz CT molecular complexity index is 850. The fourth-order valence-electron chi connectivity index (χ4n) is 1.93. The van der Waals surface area contributed by atoms with E-state index >= 15 is 0 Å². The molecule has 0 radical (unpaired) electrons. The van der Waals surface area contributed by atoms with Crippen molar-refractivity contribution in [2.24, 2.45) is 0 Å². The number of nitrogens with zero attached hydrogens (tertiary/aromatic N) is 1. The number of sulfonamides is 1. The number of nitrogens with one attached hydrogen (secondary N) is 1. The standard InChI is InChI=1S/C16H16F2N2O3S/c1-20(2)16(21)9-11-3-6-13(7-4-11)19-24(22,23)15-8-5-12(17)10-14(15)18/h3-8,10,19H,9H2,1-2H3. The Labute approximate surface area is 139 Å². The molecule has 8 heteroatoms. The quantitative estimate of drug-likeness (QED) is 0.897. The van der Waals surface area contributed by atoms with Crippen LogP contribution in [0, 0.1) is 11.6 Å². The molecule has 0 heterocycles. The van der Waals surface area contributed by atoms with E-state index in [9.17, 15) is 22.0 Å². The molecule has 128 valence electrons. The molecule has 24 heavy (non-hydrogen) atoms. The smallest absolute Gasteiger partial charge is 0.264 e. The number of amides is 1. The highest BCUT2D eigenvalue weighted by Gasteiger charge is 2.19. The molecule has 0 aliphatic rings. The molecule has 0 bridgehead atoms. The summed E-state index contributed by atoms with van der Waals surface area (Å²) >= 11 is 0. The van der Waals surface area contributed by atoms with Crippen molar-refractivity contribution in [3.05, 3.63) is 59.7 Å². The molecule has 0 unspecified atom stereocenters. The van der Waals surface area contributed by atoms with Crippen LogP contribution in [-0.2, 0) is 21.2 Å². The van der Waals surface area contributed by atoms with Gasteiger partial charge in [0.15, 0.2) is 0 Å². The van der Waals surface area contributed by atoms with E-state index in [1.807, 2.05) is 0 Å². The van der Waals surface area contributed by atoms with Crippen molar-refractivity contribution in [3.63, 3.8) is 0 Å². The van der Waals surface area contributed by atoms with Crippen LogP contribution in [0.3, 0.4) is 0 Å². The number of carbonyl (C=O) groups is 1. The Kier molecular flexibility index (Phi) is 5.18. The predicted molar refractivity (Wildman–Crippen MR) is 86.0 cm³/mol. The maximum atomic E-state index is 13.6. The minimum absolute atomic E-state index is 0.0864. The maximum absolute atomic E-state index is 13.6. The molecule has 1 N–H and O–H groups in total. The summed E-state index contributed by atoms with van der Waals surface area (Å²) in [6.07, 6.45) is 0.187. The molecule has 2 rings (SSSR count). The Morgan fingerprint density at radius 3 is 2.25 bits per heavy atom. The summed E-state index contributed by atoms with van der Waals surface area (Å²) in [5, 5.41) is 0. The third-order valence-electron chi connectivity index (χ3n) is 3.24. The number of carbonyl (C=O) groups excluding carboxylic acids is 1. The van der Waals surface area contributed by atoms with Crippen molar-refractivity contribution in [3.8, 4) is 0 Å². The third kappa shape index (κ3) is 4.29. The lowest BCUT2D eigenvalue weighted by Gasteiger charge is -2.11. The monoisotopic (exact) mass is 354 g/mol. The van der Waals surface area contributed by atoms with Gasteiger partial charge in [0.2, 0.25) is 5.91 Å². The van der Waals surface area contributed by atoms with E-state index in [0.717, 1.165) is 12.1 Å². The van der Waals surface area contributed by atoms with E-state index < -0.39 is 26.6 Å². The summed E-state index contributed by atoms with van der Waals surface area (Å²) in [4.78, 5) is 12.4. The Morgan fingerprint density at radius 1 is 1.08 bits per heavy atom. The fourth-order valence-corrected chi connectivity index (χ4v) is 3.05. The van der Waals surface area contributed by atoms with Crippen molar-refractivity contribution in [2.75, 3.05) is 18.8 Å². The molecule has 1 amide bonds. The van der Waals surface area contributed by atoms with Gasteiger partial charge in [0.25, 0.3) is 10.0 Å². The molecule has 2 aromatic carbocycles. The third-order valence-corrected chi connectivity index (χ3v) is 4.66. The summed E-state index contributed by atoms with van der Waals surface area (Å²) in [5.74, 6) is -2.12. The van der Waals surface area contributed by atoms with Gasteiger partial charge in [0.1, 0.15) is 16.5 Å². The molecule has 2 aromatic rings. The highest BCUT2D eigenvalue weighted by Crippen LogP contribution is 2.20. The molecule has 0 fully saturated rings. The number of benzene rings is 2. The summed E-state index contributed by atoms with van der Waals surface area (Å²) in [6, 6.07) is 8.37. The summed E-state index contributed by atoms with van der Waals surface area (Å²) in [5.41, 5.74) is 0.921. The van der Waals surface area contributed by atoms with E-state index in [-0.39, 0.29) is 18.0 Å². The van der Waals surface area contributed by atoms with Crippen molar-refractivity contribution in [2.45, 2.75) is 11.3 Å². The summed E-state index contributed by atoms with van der Waals surface area (Å²) < 4.78 is 53.0. The number of hydrogen-bond donors (Lipinski definition) is 1. The van der Waals surface area contributed by atoms with Gasteiger partial charge in [-0.25, -0.2) is 17.2 Å². The number of likely N-dealkylation sites (N-methyl/N-ethyl adjacent to an activating group) is 1. The maximum Gasteiger partial charge on any atom is 0.264 e. The van der Waals surface area contributed by atoms with Gasteiger partial charge in [-0.1, -0.05) is 12.1 Å². The molecule has 0 aliphatic carbocycles. The van der Waals surface area contributed by atoms with Gasteiger partial charge in [-0.05, 0) is 29.8 Å². The van der Waals surface area contributed by atoms with Crippen LogP contribution in [0.15, 0.2) is 47.4 Å². The van der Waals surface area contributed by atoms with Crippen LogP contribution in [0.4, 0.5) is 14.5 Å². The highest BCUT2D eigenvalue weighted by atomic mass is 32.2. The first-order valence-corrected chi connectivity index (χ1v) is 8.44. The largest absolute Gasteiger partial charge is 0.349 e. The number of rotatable bonds is 5. The first-order valence-electron chi connectivity index (χ1n) is 6.96. The SMILES string of the molecule is CN(C)C(=O)Cc1ccc(NS(=O)(=O)c2ccc(F)cc2F)cc1. The number of halogens is 2. The fraction of sp³-hybridized carbons (Fsp3) is 0.188. The second-order valence-corrected chi connectivity index (χ2v) is 6.99. The molecular formula is C16H16F2N2O3S. The lowest BCUT2D eigenvalue weighted by Crippen LogP contribution is -2.23. The summed E-state index contributed by atoms with van der Waals surface area (Å²) in [6.45, 7) is 0. The zero-order valence-electron chi connectivity index (χ0n) is 13.1. The van der Waals surface area contributed by atoms with Crippen molar-refractivity contribution in [1.29, 1.82) is 0 Å². The van der Waals surface area contributed by atoms with E-state index in [1.54, 1.807) is 26.2 Å². The number of anilines is 1.